The van der Waals surface area contributed by atoms with Crippen molar-refractivity contribution in [2.24, 2.45) is 0 Å². The van der Waals surface area contributed by atoms with Gasteiger partial charge in [-0.25, -0.2) is 8.42 Å². The van der Waals surface area contributed by atoms with Crippen LogP contribution in [0.2, 0.25) is 0 Å². The fraction of sp³-hybridized carbons (Fsp3) is 0.833. The summed E-state index contributed by atoms with van der Waals surface area (Å²) in [7, 11) is -3.03. The zero-order chi connectivity index (χ0) is 13.7. The third kappa shape index (κ3) is 2.13. The second-order valence-electron chi connectivity index (χ2n) is 5.80. The van der Waals surface area contributed by atoms with E-state index in [9.17, 15) is 8.42 Å². The lowest BCUT2D eigenvalue weighted by Gasteiger charge is -2.33. The number of hydrogen-bond donors (Lipinski definition) is 0. The van der Waals surface area contributed by atoms with Crippen LogP contribution in [0.5, 0.6) is 0 Å². The molecule has 7 heteroatoms. The van der Waals surface area contributed by atoms with Crippen LogP contribution in [0.3, 0.4) is 0 Å². The van der Waals surface area contributed by atoms with Crippen molar-refractivity contribution in [3.63, 3.8) is 0 Å². The van der Waals surface area contributed by atoms with Crippen LogP contribution >= 0.6 is 0 Å². The van der Waals surface area contributed by atoms with Gasteiger partial charge in [-0.1, -0.05) is 17.9 Å². The molecule has 1 aromatic rings. The zero-order valence-corrected chi connectivity index (χ0v) is 12.1. The van der Waals surface area contributed by atoms with E-state index in [0.29, 0.717) is 24.9 Å². The molecule has 106 valence electrons. The quantitative estimate of drug-likeness (QED) is 0.815. The van der Waals surface area contributed by atoms with Gasteiger partial charge in [0, 0.05) is 25.3 Å². The molecule has 2 aliphatic rings. The van der Waals surface area contributed by atoms with Crippen molar-refractivity contribution < 1.29 is 12.8 Å². The maximum atomic E-state index is 11.9. The molecular weight excluding hydrogens is 266 g/mol. The van der Waals surface area contributed by atoms with E-state index >= 15 is 0 Å². The highest BCUT2D eigenvalue weighted by Gasteiger charge is 2.51. The van der Waals surface area contributed by atoms with Crippen molar-refractivity contribution in [1.29, 1.82) is 0 Å². The molecule has 2 fully saturated rings. The van der Waals surface area contributed by atoms with Crippen molar-refractivity contribution in [3.05, 3.63) is 5.89 Å². The number of hydrogen-bond acceptors (Lipinski definition) is 6. The summed E-state index contributed by atoms with van der Waals surface area (Å²) in [4.78, 5) is 2.05. The summed E-state index contributed by atoms with van der Waals surface area (Å²) in [5.41, 5.74) is -0.0906. The Morgan fingerprint density at radius 2 is 2.00 bits per heavy atom. The van der Waals surface area contributed by atoms with Gasteiger partial charge in [-0.05, 0) is 19.3 Å². The van der Waals surface area contributed by atoms with E-state index in [1.54, 1.807) is 6.92 Å². The monoisotopic (exact) mass is 285 g/mol. The van der Waals surface area contributed by atoms with Crippen molar-refractivity contribution in [2.75, 3.05) is 17.7 Å². The van der Waals surface area contributed by atoms with Crippen molar-refractivity contribution in [2.45, 2.75) is 49.8 Å². The normalized spacial score (nSPS) is 26.4. The van der Waals surface area contributed by atoms with Crippen LogP contribution in [0.4, 0.5) is 6.01 Å². The Labute approximate surface area is 113 Å². The zero-order valence-electron chi connectivity index (χ0n) is 11.3. The van der Waals surface area contributed by atoms with E-state index in [1.165, 1.54) is 6.26 Å². The van der Waals surface area contributed by atoms with E-state index in [4.69, 9.17) is 4.42 Å². The summed E-state index contributed by atoms with van der Waals surface area (Å²) in [6.07, 6.45) is 6.32. The van der Waals surface area contributed by atoms with Gasteiger partial charge in [0.2, 0.25) is 5.89 Å². The summed E-state index contributed by atoms with van der Waals surface area (Å²) >= 11 is 0. The Bertz CT molecular complexity index is 575. The lowest BCUT2D eigenvalue weighted by molar-refractivity contribution is 0.400. The molecule has 0 aromatic carbocycles. The predicted molar refractivity (Wildman–Crippen MR) is 70.8 cm³/mol. The van der Waals surface area contributed by atoms with E-state index in [0.717, 1.165) is 25.7 Å². The minimum absolute atomic E-state index is 0.0906. The molecule has 6 nitrogen and oxygen atoms in total. The van der Waals surface area contributed by atoms with Gasteiger partial charge in [-0.3, -0.25) is 0 Å². The molecule has 3 rings (SSSR count). The first-order chi connectivity index (χ1) is 8.91. The SMILES string of the molecule is Cc1nnc(N2CC(S(C)(=O)=O)CC23CCCC3)o1. The van der Waals surface area contributed by atoms with Crippen LogP contribution in [-0.4, -0.2) is 42.2 Å². The molecular formula is C12H19N3O3S. The fourth-order valence-corrected chi connectivity index (χ4v) is 4.50. The molecule has 0 amide bonds. The van der Waals surface area contributed by atoms with Gasteiger partial charge in [-0.15, -0.1) is 5.10 Å². The fourth-order valence-electron chi connectivity index (χ4n) is 3.47. The molecule has 1 aliphatic heterocycles. The Hall–Kier alpha value is -1.11. The summed E-state index contributed by atoms with van der Waals surface area (Å²) in [6.45, 7) is 2.22. The topological polar surface area (TPSA) is 76.3 Å². The minimum atomic E-state index is -3.03. The highest BCUT2D eigenvalue weighted by atomic mass is 32.2. The molecule has 1 spiro atoms. The highest BCUT2D eigenvalue weighted by Crippen LogP contribution is 2.46. The summed E-state index contributed by atoms with van der Waals surface area (Å²) < 4.78 is 29.2. The molecule has 0 radical (unpaired) electrons. The number of nitrogens with zero attached hydrogens (tertiary/aromatic N) is 3. The van der Waals surface area contributed by atoms with E-state index in [2.05, 4.69) is 10.2 Å². The van der Waals surface area contributed by atoms with Crippen LogP contribution < -0.4 is 4.90 Å². The lowest BCUT2D eigenvalue weighted by Crippen LogP contribution is -2.41. The van der Waals surface area contributed by atoms with Gasteiger partial charge in [0.1, 0.15) is 0 Å². The van der Waals surface area contributed by atoms with Crippen molar-refractivity contribution >= 4 is 15.9 Å². The molecule has 1 aromatic heterocycles. The molecule has 2 heterocycles. The number of rotatable bonds is 2. The van der Waals surface area contributed by atoms with Gasteiger partial charge in [0.05, 0.1) is 5.25 Å². The van der Waals surface area contributed by atoms with Crippen LogP contribution in [0, 0.1) is 6.92 Å². The molecule has 0 bridgehead atoms. The highest BCUT2D eigenvalue weighted by molar-refractivity contribution is 7.91. The molecule has 1 atom stereocenters. The third-order valence-corrected chi connectivity index (χ3v) is 5.98. The second kappa shape index (κ2) is 4.19. The Balaban J connectivity index is 1.96. The molecule has 1 unspecified atom stereocenters. The Morgan fingerprint density at radius 3 is 2.53 bits per heavy atom. The smallest absolute Gasteiger partial charge is 0.318 e. The molecule has 19 heavy (non-hydrogen) atoms. The van der Waals surface area contributed by atoms with Crippen LogP contribution in [0.1, 0.15) is 38.0 Å². The summed E-state index contributed by atoms with van der Waals surface area (Å²) in [5, 5.41) is 7.62. The van der Waals surface area contributed by atoms with Crippen LogP contribution in [0.25, 0.3) is 0 Å². The van der Waals surface area contributed by atoms with E-state index in [1.807, 2.05) is 4.90 Å². The first kappa shape index (κ1) is 12.9. The molecule has 1 saturated heterocycles. The van der Waals surface area contributed by atoms with Gasteiger partial charge < -0.3 is 9.32 Å². The second-order valence-corrected chi connectivity index (χ2v) is 8.13. The average molecular weight is 285 g/mol. The predicted octanol–water partition coefficient (Wildman–Crippen LogP) is 1.31. The van der Waals surface area contributed by atoms with E-state index < -0.39 is 9.84 Å². The van der Waals surface area contributed by atoms with Crippen LogP contribution in [-0.2, 0) is 9.84 Å². The van der Waals surface area contributed by atoms with Crippen molar-refractivity contribution in [1.82, 2.24) is 10.2 Å². The molecule has 0 N–H and O–H groups in total. The largest absolute Gasteiger partial charge is 0.408 e. The maximum absolute atomic E-state index is 11.9. The van der Waals surface area contributed by atoms with Gasteiger partial charge in [0.15, 0.2) is 9.84 Å². The van der Waals surface area contributed by atoms with Gasteiger partial charge in [-0.2, -0.15) is 0 Å². The average Bonchev–Trinajstić information content (AvgIpc) is 2.99. The first-order valence-corrected chi connectivity index (χ1v) is 8.63. The minimum Gasteiger partial charge on any atom is -0.408 e. The van der Waals surface area contributed by atoms with Crippen LogP contribution in [0.15, 0.2) is 4.42 Å². The molecule has 1 aliphatic carbocycles. The van der Waals surface area contributed by atoms with Gasteiger partial charge in [0.25, 0.3) is 0 Å². The van der Waals surface area contributed by atoms with E-state index in [-0.39, 0.29) is 10.8 Å². The summed E-state index contributed by atoms with van der Waals surface area (Å²) in [6, 6.07) is 0.477. The number of aryl methyl sites for hydroxylation is 1. The Morgan fingerprint density at radius 1 is 1.32 bits per heavy atom. The standard InChI is InChI=1S/C12H19N3O3S/c1-9-13-14-11(18-9)15-8-10(19(2,16)17)7-12(15)5-3-4-6-12/h10H,3-8H2,1-2H3. The third-order valence-electron chi connectivity index (χ3n) is 4.45. The first-order valence-electron chi connectivity index (χ1n) is 6.67. The number of aromatic nitrogens is 2. The van der Waals surface area contributed by atoms with Gasteiger partial charge >= 0.3 is 6.01 Å². The number of sulfone groups is 1. The maximum Gasteiger partial charge on any atom is 0.318 e. The lowest BCUT2D eigenvalue weighted by atomic mass is 9.94. The van der Waals surface area contributed by atoms with Crippen molar-refractivity contribution in [3.8, 4) is 0 Å². The molecule has 1 saturated carbocycles. The number of anilines is 1. The summed E-state index contributed by atoms with van der Waals surface area (Å²) in [5.74, 6) is 0.519. The Kier molecular flexibility index (Phi) is 2.85.